The highest BCUT2D eigenvalue weighted by molar-refractivity contribution is 7.89. The van der Waals surface area contributed by atoms with Crippen LogP contribution in [0.2, 0.25) is 0 Å². The first-order chi connectivity index (χ1) is 9.51. The summed E-state index contributed by atoms with van der Waals surface area (Å²) in [4.78, 5) is 11.4. The average Bonchev–Trinajstić information content (AvgIpc) is 2.46. The number of benzene rings is 1. The van der Waals surface area contributed by atoms with Crippen LogP contribution in [-0.2, 0) is 10.0 Å². The summed E-state index contributed by atoms with van der Waals surface area (Å²) in [5, 5.41) is 9.25. The Kier molecular flexibility index (Phi) is 4.65. The summed E-state index contributed by atoms with van der Waals surface area (Å²) in [5.41, 5.74) is 0. The van der Waals surface area contributed by atoms with Gasteiger partial charge in [0, 0.05) is 6.54 Å². The normalized spacial score (nSPS) is 16.8. The second-order valence-corrected chi connectivity index (χ2v) is 7.00. The zero-order valence-electron chi connectivity index (χ0n) is 11.2. The molecule has 1 saturated carbocycles. The van der Waals surface area contributed by atoms with Gasteiger partial charge in [-0.15, -0.1) is 0 Å². The van der Waals surface area contributed by atoms with Crippen LogP contribution >= 0.6 is 0 Å². The number of carbonyl (C=O) groups is 1. The fourth-order valence-corrected chi connectivity index (χ4v) is 3.97. The zero-order valence-corrected chi connectivity index (χ0v) is 12.1. The summed E-state index contributed by atoms with van der Waals surface area (Å²) < 4.78 is 25.4. The number of rotatable bonds is 4. The van der Waals surface area contributed by atoms with E-state index in [4.69, 9.17) is 0 Å². The molecule has 0 radical (unpaired) electrons. The van der Waals surface area contributed by atoms with Gasteiger partial charge in [-0.3, -0.25) is 0 Å². The van der Waals surface area contributed by atoms with Crippen molar-refractivity contribution in [3.63, 3.8) is 0 Å². The molecule has 0 spiro atoms. The Morgan fingerprint density at radius 2 is 1.75 bits per heavy atom. The third-order valence-electron chi connectivity index (χ3n) is 3.69. The molecule has 1 N–H and O–H groups in total. The van der Waals surface area contributed by atoms with Gasteiger partial charge in [0.25, 0.3) is 10.0 Å². The smallest absolute Gasteiger partial charge is 0.421 e. The molecule has 5 nitrogen and oxygen atoms in total. The maximum absolute atomic E-state index is 12.4. The molecule has 0 atom stereocenters. The number of amides is 1. The van der Waals surface area contributed by atoms with Crippen LogP contribution in [0.4, 0.5) is 4.79 Å². The van der Waals surface area contributed by atoms with Crippen molar-refractivity contribution in [2.45, 2.75) is 37.0 Å². The van der Waals surface area contributed by atoms with E-state index in [9.17, 15) is 18.3 Å². The van der Waals surface area contributed by atoms with Crippen molar-refractivity contribution in [3.05, 3.63) is 30.3 Å². The van der Waals surface area contributed by atoms with Crippen molar-refractivity contribution in [2.75, 3.05) is 6.54 Å². The minimum absolute atomic E-state index is 0.0261. The zero-order chi connectivity index (χ0) is 14.6. The number of hydrogen-bond acceptors (Lipinski definition) is 3. The molecule has 1 aromatic rings. The second kappa shape index (κ2) is 6.26. The molecule has 2 rings (SSSR count). The molecule has 1 fully saturated rings. The van der Waals surface area contributed by atoms with Gasteiger partial charge in [-0.25, -0.2) is 17.5 Å². The van der Waals surface area contributed by atoms with Crippen LogP contribution in [0.15, 0.2) is 35.2 Å². The van der Waals surface area contributed by atoms with Gasteiger partial charge in [-0.05, 0) is 30.9 Å². The van der Waals surface area contributed by atoms with Crippen LogP contribution in [0.5, 0.6) is 0 Å². The fraction of sp³-hybridized carbons (Fsp3) is 0.500. The maximum Gasteiger partial charge on any atom is 0.421 e. The number of carboxylic acid groups (broad SMARTS) is 1. The molecule has 0 aliphatic heterocycles. The Hall–Kier alpha value is -1.56. The minimum atomic E-state index is -3.97. The molecule has 0 bridgehead atoms. The topological polar surface area (TPSA) is 74.7 Å². The van der Waals surface area contributed by atoms with E-state index in [1.165, 1.54) is 12.1 Å². The van der Waals surface area contributed by atoms with Crippen LogP contribution in [0.1, 0.15) is 32.1 Å². The first kappa shape index (κ1) is 14.8. The van der Waals surface area contributed by atoms with E-state index in [1.807, 2.05) is 0 Å². The van der Waals surface area contributed by atoms with E-state index in [0.717, 1.165) is 32.1 Å². The molecular formula is C14H19NO4S. The first-order valence-electron chi connectivity index (χ1n) is 6.82. The predicted molar refractivity (Wildman–Crippen MR) is 74.9 cm³/mol. The largest absolute Gasteiger partial charge is 0.464 e. The average molecular weight is 297 g/mol. The summed E-state index contributed by atoms with van der Waals surface area (Å²) in [6.45, 7) is 0.0621. The molecule has 110 valence electrons. The lowest BCUT2D eigenvalue weighted by Crippen LogP contribution is -2.39. The Balaban J connectivity index is 2.21. The van der Waals surface area contributed by atoms with Crippen molar-refractivity contribution >= 4 is 16.1 Å². The van der Waals surface area contributed by atoms with Gasteiger partial charge < -0.3 is 5.11 Å². The lowest BCUT2D eigenvalue weighted by Gasteiger charge is -2.27. The van der Waals surface area contributed by atoms with E-state index in [0.29, 0.717) is 4.31 Å². The summed E-state index contributed by atoms with van der Waals surface area (Å²) in [7, 11) is -3.97. The van der Waals surface area contributed by atoms with Crippen molar-refractivity contribution in [1.82, 2.24) is 4.31 Å². The molecular weight excluding hydrogens is 278 g/mol. The molecule has 20 heavy (non-hydrogen) atoms. The Labute approximate surface area is 119 Å². The first-order valence-corrected chi connectivity index (χ1v) is 8.26. The lowest BCUT2D eigenvalue weighted by atomic mass is 9.89. The van der Waals surface area contributed by atoms with Crippen LogP contribution in [0.25, 0.3) is 0 Å². The molecule has 0 saturated heterocycles. The fourth-order valence-electron chi connectivity index (χ4n) is 2.60. The third kappa shape index (κ3) is 3.30. The SMILES string of the molecule is O=C(O)N(CC1CCCCC1)S(=O)(=O)c1ccccc1. The van der Waals surface area contributed by atoms with Crippen molar-refractivity contribution in [3.8, 4) is 0 Å². The molecule has 1 aliphatic rings. The minimum Gasteiger partial charge on any atom is -0.464 e. The molecule has 1 aromatic carbocycles. The van der Waals surface area contributed by atoms with Gasteiger partial charge in [-0.2, -0.15) is 0 Å². The lowest BCUT2D eigenvalue weighted by molar-refractivity contribution is 0.163. The summed E-state index contributed by atoms with van der Waals surface area (Å²) in [6, 6.07) is 7.73. The predicted octanol–water partition coefficient (Wildman–Crippen LogP) is 2.94. The highest BCUT2D eigenvalue weighted by atomic mass is 32.2. The van der Waals surface area contributed by atoms with Crippen LogP contribution in [0, 0.1) is 5.92 Å². The molecule has 0 heterocycles. The van der Waals surface area contributed by atoms with Gasteiger partial charge in [0.2, 0.25) is 0 Å². The van der Waals surface area contributed by atoms with Gasteiger partial charge in [0.15, 0.2) is 0 Å². The third-order valence-corrected chi connectivity index (χ3v) is 5.45. The molecule has 1 aliphatic carbocycles. The highest BCUT2D eigenvalue weighted by Gasteiger charge is 2.31. The van der Waals surface area contributed by atoms with E-state index in [2.05, 4.69) is 0 Å². The molecule has 0 aromatic heterocycles. The van der Waals surface area contributed by atoms with Gasteiger partial charge in [0.1, 0.15) is 0 Å². The van der Waals surface area contributed by atoms with E-state index in [-0.39, 0.29) is 17.4 Å². The second-order valence-electron chi connectivity index (χ2n) is 5.14. The summed E-state index contributed by atoms with van der Waals surface area (Å²) >= 11 is 0. The Bertz CT molecular complexity index is 550. The maximum atomic E-state index is 12.4. The molecule has 1 amide bonds. The van der Waals surface area contributed by atoms with E-state index in [1.54, 1.807) is 18.2 Å². The van der Waals surface area contributed by atoms with Gasteiger partial charge in [-0.1, -0.05) is 37.5 Å². The highest BCUT2D eigenvalue weighted by Crippen LogP contribution is 2.26. The van der Waals surface area contributed by atoms with Gasteiger partial charge in [0.05, 0.1) is 4.90 Å². The number of nitrogens with zero attached hydrogens (tertiary/aromatic N) is 1. The van der Waals surface area contributed by atoms with Crippen molar-refractivity contribution < 1.29 is 18.3 Å². The summed E-state index contributed by atoms with van der Waals surface area (Å²) in [5.74, 6) is 0.137. The summed E-state index contributed by atoms with van der Waals surface area (Å²) in [6.07, 6.45) is 3.63. The standard InChI is InChI=1S/C14H19NO4S/c16-14(17)15(11-12-7-3-1-4-8-12)20(18,19)13-9-5-2-6-10-13/h2,5-6,9-10,12H,1,3-4,7-8,11H2,(H,16,17). The van der Waals surface area contributed by atoms with Crippen molar-refractivity contribution in [1.29, 1.82) is 0 Å². The number of hydrogen-bond donors (Lipinski definition) is 1. The Morgan fingerprint density at radius 3 is 2.30 bits per heavy atom. The quantitative estimate of drug-likeness (QED) is 0.927. The van der Waals surface area contributed by atoms with Crippen LogP contribution in [0.3, 0.4) is 0 Å². The number of sulfonamides is 1. The molecule has 0 unspecified atom stereocenters. The van der Waals surface area contributed by atoms with E-state index < -0.39 is 16.1 Å². The Morgan fingerprint density at radius 1 is 1.15 bits per heavy atom. The van der Waals surface area contributed by atoms with Gasteiger partial charge >= 0.3 is 6.09 Å². The van der Waals surface area contributed by atoms with Crippen molar-refractivity contribution in [2.24, 2.45) is 5.92 Å². The molecule has 6 heteroatoms. The van der Waals surface area contributed by atoms with E-state index >= 15 is 0 Å². The monoisotopic (exact) mass is 297 g/mol. The van der Waals surface area contributed by atoms with Crippen LogP contribution in [-0.4, -0.2) is 30.5 Å². The van der Waals surface area contributed by atoms with Crippen LogP contribution < -0.4 is 0 Å².